The smallest absolute Gasteiger partial charge is 0.169 e. The highest BCUT2D eigenvalue weighted by molar-refractivity contribution is 5.84. The molecular weight excluding hydrogens is 254 g/mol. The molecule has 20 heavy (non-hydrogen) atoms. The lowest BCUT2D eigenvalue weighted by Crippen LogP contribution is -2.48. The predicted octanol–water partition coefficient (Wildman–Crippen LogP) is 1.76. The predicted molar refractivity (Wildman–Crippen MR) is 79.0 cm³/mol. The van der Waals surface area contributed by atoms with Gasteiger partial charge in [0.25, 0.3) is 0 Å². The second-order valence-corrected chi connectivity index (χ2v) is 5.52. The standard InChI is InChI=1S/C15H23N3O2/c1-11(2)13-5-3-12(4-6-13)9-18-7-8-20-14(10-18)15(16)17-19/h3-6,11,14,19H,7-10H2,1-2H3,(H2,16,17). The zero-order valence-corrected chi connectivity index (χ0v) is 12.1. The Kier molecular flexibility index (Phi) is 4.98. The molecule has 1 atom stereocenters. The molecule has 110 valence electrons. The van der Waals surface area contributed by atoms with E-state index >= 15 is 0 Å². The number of hydrogen-bond acceptors (Lipinski definition) is 4. The Hall–Kier alpha value is -1.59. The normalized spacial score (nSPS) is 21.4. The molecule has 1 aliphatic heterocycles. The van der Waals surface area contributed by atoms with Gasteiger partial charge >= 0.3 is 0 Å². The van der Waals surface area contributed by atoms with E-state index in [0.717, 1.165) is 13.1 Å². The molecule has 1 saturated heterocycles. The van der Waals surface area contributed by atoms with Gasteiger partial charge in [0.05, 0.1) is 6.61 Å². The van der Waals surface area contributed by atoms with Gasteiger partial charge < -0.3 is 15.7 Å². The van der Waals surface area contributed by atoms with Crippen molar-refractivity contribution in [2.75, 3.05) is 19.7 Å². The Balaban J connectivity index is 1.95. The molecule has 0 aliphatic carbocycles. The van der Waals surface area contributed by atoms with E-state index in [0.29, 0.717) is 19.1 Å². The third-order valence-corrected chi connectivity index (χ3v) is 3.65. The molecule has 0 radical (unpaired) electrons. The average Bonchev–Trinajstić information content (AvgIpc) is 2.47. The van der Waals surface area contributed by atoms with Gasteiger partial charge in [0.15, 0.2) is 5.84 Å². The van der Waals surface area contributed by atoms with Crippen LogP contribution in [0.1, 0.15) is 30.9 Å². The molecule has 2 rings (SSSR count). The van der Waals surface area contributed by atoms with Crippen molar-refractivity contribution in [3.05, 3.63) is 35.4 Å². The van der Waals surface area contributed by atoms with E-state index in [1.807, 2.05) is 0 Å². The molecule has 0 aromatic heterocycles. The fraction of sp³-hybridized carbons (Fsp3) is 0.533. The van der Waals surface area contributed by atoms with Gasteiger partial charge in [-0.25, -0.2) is 0 Å². The van der Waals surface area contributed by atoms with E-state index in [4.69, 9.17) is 15.7 Å². The minimum atomic E-state index is -0.316. The third-order valence-electron chi connectivity index (χ3n) is 3.65. The summed E-state index contributed by atoms with van der Waals surface area (Å²) in [6.07, 6.45) is -0.316. The number of rotatable bonds is 4. The first-order chi connectivity index (χ1) is 9.60. The fourth-order valence-electron chi connectivity index (χ4n) is 2.36. The van der Waals surface area contributed by atoms with E-state index < -0.39 is 0 Å². The van der Waals surface area contributed by atoms with Crippen molar-refractivity contribution in [3.63, 3.8) is 0 Å². The lowest BCUT2D eigenvalue weighted by molar-refractivity contribution is 0.00141. The van der Waals surface area contributed by atoms with Gasteiger partial charge in [0.2, 0.25) is 0 Å². The summed E-state index contributed by atoms with van der Waals surface area (Å²) in [4.78, 5) is 2.26. The largest absolute Gasteiger partial charge is 0.409 e. The Bertz CT molecular complexity index is 457. The van der Waals surface area contributed by atoms with Crippen LogP contribution in [0.2, 0.25) is 0 Å². The Morgan fingerprint density at radius 1 is 1.45 bits per heavy atom. The topological polar surface area (TPSA) is 71.1 Å². The maximum absolute atomic E-state index is 8.71. The first-order valence-electron chi connectivity index (χ1n) is 7.00. The van der Waals surface area contributed by atoms with Crippen LogP contribution in [0.25, 0.3) is 0 Å². The molecule has 1 heterocycles. The summed E-state index contributed by atoms with van der Waals surface area (Å²) >= 11 is 0. The SMILES string of the molecule is CC(C)c1ccc(CN2CCOC(C(N)=NO)C2)cc1. The van der Waals surface area contributed by atoms with Gasteiger partial charge in [0, 0.05) is 19.6 Å². The first-order valence-corrected chi connectivity index (χ1v) is 7.00. The molecule has 3 N–H and O–H groups in total. The zero-order valence-electron chi connectivity index (χ0n) is 12.1. The van der Waals surface area contributed by atoms with Crippen LogP contribution >= 0.6 is 0 Å². The van der Waals surface area contributed by atoms with Gasteiger partial charge in [-0.05, 0) is 17.0 Å². The molecule has 0 bridgehead atoms. The van der Waals surface area contributed by atoms with E-state index in [9.17, 15) is 0 Å². The van der Waals surface area contributed by atoms with Crippen molar-refractivity contribution in [1.82, 2.24) is 4.90 Å². The highest BCUT2D eigenvalue weighted by Gasteiger charge is 2.23. The van der Waals surface area contributed by atoms with Crippen molar-refractivity contribution in [2.45, 2.75) is 32.4 Å². The van der Waals surface area contributed by atoms with E-state index in [2.05, 4.69) is 48.2 Å². The van der Waals surface area contributed by atoms with Gasteiger partial charge in [-0.15, -0.1) is 0 Å². The van der Waals surface area contributed by atoms with Crippen molar-refractivity contribution < 1.29 is 9.94 Å². The van der Waals surface area contributed by atoms with Gasteiger partial charge in [0.1, 0.15) is 6.10 Å². The monoisotopic (exact) mass is 277 g/mol. The van der Waals surface area contributed by atoms with Crippen LogP contribution in [0.3, 0.4) is 0 Å². The Morgan fingerprint density at radius 2 is 2.15 bits per heavy atom. The van der Waals surface area contributed by atoms with Crippen LogP contribution in [-0.2, 0) is 11.3 Å². The van der Waals surface area contributed by atoms with Crippen molar-refractivity contribution in [1.29, 1.82) is 0 Å². The Morgan fingerprint density at radius 3 is 2.75 bits per heavy atom. The molecule has 1 unspecified atom stereocenters. The van der Waals surface area contributed by atoms with Crippen LogP contribution in [0, 0.1) is 0 Å². The number of ether oxygens (including phenoxy) is 1. The maximum Gasteiger partial charge on any atom is 0.169 e. The van der Waals surface area contributed by atoms with E-state index in [-0.39, 0.29) is 11.9 Å². The molecule has 0 spiro atoms. The Labute approximate surface area is 120 Å². The van der Waals surface area contributed by atoms with Gasteiger partial charge in [-0.2, -0.15) is 0 Å². The van der Waals surface area contributed by atoms with Crippen LogP contribution in [0.4, 0.5) is 0 Å². The summed E-state index contributed by atoms with van der Waals surface area (Å²) in [6, 6.07) is 8.70. The summed E-state index contributed by atoms with van der Waals surface area (Å²) in [5.74, 6) is 0.697. The molecule has 5 heteroatoms. The van der Waals surface area contributed by atoms with Crippen molar-refractivity contribution >= 4 is 5.84 Å². The summed E-state index contributed by atoms with van der Waals surface area (Å²) < 4.78 is 5.49. The minimum absolute atomic E-state index is 0.143. The minimum Gasteiger partial charge on any atom is -0.409 e. The number of hydrogen-bond donors (Lipinski definition) is 2. The summed E-state index contributed by atoms with van der Waals surface area (Å²) in [5, 5.41) is 11.7. The lowest BCUT2D eigenvalue weighted by Gasteiger charge is -2.32. The summed E-state index contributed by atoms with van der Waals surface area (Å²) in [7, 11) is 0. The number of nitrogens with zero attached hydrogens (tertiary/aromatic N) is 2. The third kappa shape index (κ3) is 3.71. The van der Waals surface area contributed by atoms with Crippen molar-refractivity contribution in [3.8, 4) is 0 Å². The number of nitrogens with two attached hydrogens (primary N) is 1. The summed E-state index contributed by atoms with van der Waals surface area (Å²) in [6.45, 7) is 7.36. The first kappa shape index (κ1) is 14.8. The second-order valence-electron chi connectivity index (χ2n) is 5.52. The number of amidine groups is 1. The highest BCUT2D eigenvalue weighted by atomic mass is 16.5. The molecule has 1 aromatic rings. The molecule has 5 nitrogen and oxygen atoms in total. The van der Waals surface area contributed by atoms with E-state index in [1.165, 1.54) is 11.1 Å². The second kappa shape index (κ2) is 6.72. The number of oxime groups is 1. The average molecular weight is 277 g/mol. The zero-order chi connectivity index (χ0) is 14.5. The molecular formula is C15H23N3O2. The van der Waals surface area contributed by atoms with Gasteiger partial charge in [-0.1, -0.05) is 43.3 Å². The van der Waals surface area contributed by atoms with Crippen molar-refractivity contribution in [2.24, 2.45) is 10.9 Å². The van der Waals surface area contributed by atoms with Crippen LogP contribution in [-0.4, -0.2) is 41.7 Å². The number of benzene rings is 1. The maximum atomic E-state index is 8.71. The van der Waals surface area contributed by atoms with Gasteiger partial charge in [-0.3, -0.25) is 4.90 Å². The fourth-order valence-corrected chi connectivity index (χ4v) is 2.36. The molecule has 1 fully saturated rings. The molecule has 0 amide bonds. The lowest BCUT2D eigenvalue weighted by atomic mass is 10.0. The van der Waals surface area contributed by atoms with Crippen LogP contribution in [0.5, 0.6) is 0 Å². The van der Waals surface area contributed by atoms with Crippen LogP contribution < -0.4 is 5.73 Å². The summed E-state index contributed by atoms with van der Waals surface area (Å²) in [5.41, 5.74) is 8.23. The molecule has 1 aliphatic rings. The number of morpholine rings is 1. The molecule has 0 saturated carbocycles. The quantitative estimate of drug-likeness (QED) is 0.381. The molecule has 1 aromatic carbocycles. The van der Waals surface area contributed by atoms with Crippen LogP contribution in [0.15, 0.2) is 29.4 Å². The van der Waals surface area contributed by atoms with E-state index in [1.54, 1.807) is 0 Å². The highest BCUT2D eigenvalue weighted by Crippen LogP contribution is 2.16.